The molecule has 0 unspecified atom stereocenters. The van der Waals surface area contributed by atoms with Gasteiger partial charge in [0.25, 0.3) is 0 Å². The minimum atomic E-state index is -0.883. The number of aliphatic carboxylic acids is 1. The maximum atomic E-state index is 13.6. The van der Waals surface area contributed by atoms with Crippen molar-refractivity contribution in [2.45, 2.75) is 25.4 Å². The van der Waals surface area contributed by atoms with Gasteiger partial charge in [-0.2, -0.15) is 0 Å². The molecule has 0 atom stereocenters. The van der Waals surface area contributed by atoms with E-state index in [1.165, 1.54) is 6.07 Å². The van der Waals surface area contributed by atoms with Crippen molar-refractivity contribution in [1.82, 2.24) is 4.90 Å². The molecule has 0 heterocycles. The van der Waals surface area contributed by atoms with Crippen LogP contribution in [-0.4, -0.2) is 28.6 Å². The zero-order valence-corrected chi connectivity index (χ0v) is 9.95. The second kappa shape index (κ2) is 5.02. The van der Waals surface area contributed by atoms with Gasteiger partial charge in [0.2, 0.25) is 0 Å². The van der Waals surface area contributed by atoms with Gasteiger partial charge in [0.15, 0.2) is 0 Å². The highest BCUT2D eigenvalue weighted by atomic mass is 35.5. The second-order valence-electron chi connectivity index (χ2n) is 4.27. The molecule has 0 spiro atoms. The van der Waals surface area contributed by atoms with Gasteiger partial charge in [-0.15, -0.1) is 0 Å². The van der Waals surface area contributed by atoms with Crippen LogP contribution < -0.4 is 0 Å². The summed E-state index contributed by atoms with van der Waals surface area (Å²) in [5.41, 5.74) is 0.488. The number of carboxylic acid groups (broad SMARTS) is 1. The summed E-state index contributed by atoms with van der Waals surface area (Å²) in [5.74, 6) is -1.26. The molecule has 0 bridgehead atoms. The molecule has 1 aromatic carbocycles. The first-order valence-electron chi connectivity index (χ1n) is 5.46. The van der Waals surface area contributed by atoms with E-state index in [0.29, 0.717) is 17.1 Å². The van der Waals surface area contributed by atoms with Gasteiger partial charge in [-0.1, -0.05) is 17.7 Å². The molecule has 0 radical (unpaired) electrons. The first-order valence-corrected chi connectivity index (χ1v) is 5.84. The lowest BCUT2D eigenvalue weighted by atomic mass is 10.2. The molecule has 0 amide bonds. The van der Waals surface area contributed by atoms with Crippen molar-refractivity contribution in [3.05, 3.63) is 34.6 Å². The fourth-order valence-electron chi connectivity index (χ4n) is 1.80. The average molecular weight is 258 g/mol. The molecule has 0 saturated heterocycles. The second-order valence-corrected chi connectivity index (χ2v) is 4.70. The minimum absolute atomic E-state index is 0.0489. The normalized spacial score (nSPS) is 15.2. The maximum absolute atomic E-state index is 13.6. The predicted molar refractivity (Wildman–Crippen MR) is 62.5 cm³/mol. The molecular formula is C12H13ClFNO2. The van der Waals surface area contributed by atoms with Gasteiger partial charge in [-0.05, 0) is 25.0 Å². The summed E-state index contributed by atoms with van der Waals surface area (Å²) in [7, 11) is 0. The average Bonchev–Trinajstić information content (AvgIpc) is 3.03. The number of hydrogen-bond acceptors (Lipinski definition) is 2. The first-order chi connectivity index (χ1) is 8.06. The number of carbonyl (C=O) groups is 1. The molecule has 3 nitrogen and oxygen atoms in total. The molecule has 5 heteroatoms. The SMILES string of the molecule is O=C(O)CN(Cc1ccc(Cl)cc1F)C1CC1. The van der Waals surface area contributed by atoms with Crippen molar-refractivity contribution in [3.8, 4) is 0 Å². The van der Waals surface area contributed by atoms with Gasteiger partial charge >= 0.3 is 5.97 Å². The molecule has 1 aliphatic rings. The lowest BCUT2D eigenvalue weighted by Crippen LogP contribution is -2.31. The quantitative estimate of drug-likeness (QED) is 0.881. The summed E-state index contributed by atoms with van der Waals surface area (Å²) in [6, 6.07) is 4.75. The summed E-state index contributed by atoms with van der Waals surface area (Å²) < 4.78 is 13.6. The van der Waals surface area contributed by atoms with Crippen LogP contribution in [0.4, 0.5) is 4.39 Å². The van der Waals surface area contributed by atoms with Crippen LogP contribution in [0.3, 0.4) is 0 Å². The van der Waals surface area contributed by atoms with Crippen LogP contribution >= 0.6 is 11.6 Å². The predicted octanol–water partition coefficient (Wildman–Crippen LogP) is 2.53. The van der Waals surface area contributed by atoms with E-state index >= 15 is 0 Å². The largest absolute Gasteiger partial charge is 0.480 e. The van der Waals surface area contributed by atoms with E-state index in [9.17, 15) is 9.18 Å². The molecule has 92 valence electrons. The van der Waals surface area contributed by atoms with Crippen LogP contribution in [0, 0.1) is 5.82 Å². The lowest BCUT2D eigenvalue weighted by Gasteiger charge is -2.20. The van der Waals surface area contributed by atoms with Gasteiger partial charge in [0, 0.05) is 23.2 Å². The molecule has 0 aliphatic heterocycles. The summed E-state index contributed by atoms with van der Waals surface area (Å²) >= 11 is 5.66. The third-order valence-electron chi connectivity index (χ3n) is 2.79. The lowest BCUT2D eigenvalue weighted by molar-refractivity contribution is -0.138. The first kappa shape index (κ1) is 12.3. The standard InChI is InChI=1S/C12H13ClFNO2/c13-9-2-1-8(11(14)5-9)6-15(7-12(16)17)10-3-4-10/h1-2,5,10H,3-4,6-7H2,(H,16,17). The Hall–Kier alpha value is -1.13. The van der Waals surface area contributed by atoms with Crippen LogP contribution in [0.5, 0.6) is 0 Å². The van der Waals surface area contributed by atoms with Crippen molar-refractivity contribution in [3.63, 3.8) is 0 Å². The molecule has 0 aromatic heterocycles. The third kappa shape index (κ3) is 3.41. The number of benzene rings is 1. The zero-order chi connectivity index (χ0) is 12.4. The molecule has 2 rings (SSSR count). The Morgan fingerprint density at radius 3 is 2.76 bits per heavy atom. The molecule has 1 aromatic rings. The monoisotopic (exact) mass is 257 g/mol. The van der Waals surface area contributed by atoms with Gasteiger partial charge in [0.05, 0.1) is 6.54 Å². The Morgan fingerprint density at radius 2 is 2.24 bits per heavy atom. The molecule has 1 saturated carbocycles. The number of hydrogen-bond donors (Lipinski definition) is 1. The summed E-state index contributed by atoms with van der Waals surface area (Å²) in [5, 5.41) is 9.14. The Morgan fingerprint density at radius 1 is 1.53 bits per heavy atom. The Balaban J connectivity index is 2.08. The molecule has 17 heavy (non-hydrogen) atoms. The highest BCUT2D eigenvalue weighted by Gasteiger charge is 2.30. The van der Waals surface area contributed by atoms with E-state index in [2.05, 4.69) is 0 Å². The number of carboxylic acids is 1. The van der Waals surface area contributed by atoms with E-state index in [-0.39, 0.29) is 18.4 Å². The van der Waals surface area contributed by atoms with E-state index in [1.807, 2.05) is 0 Å². The van der Waals surface area contributed by atoms with Gasteiger partial charge in [0.1, 0.15) is 5.82 Å². The van der Waals surface area contributed by atoms with Gasteiger partial charge < -0.3 is 5.11 Å². The topological polar surface area (TPSA) is 40.5 Å². The number of nitrogens with zero attached hydrogens (tertiary/aromatic N) is 1. The van der Waals surface area contributed by atoms with Crippen molar-refractivity contribution >= 4 is 17.6 Å². The highest BCUT2D eigenvalue weighted by molar-refractivity contribution is 6.30. The van der Waals surface area contributed by atoms with Gasteiger partial charge in [-0.25, -0.2) is 4.39 Å². The molecule has 1 aliphatic carbocycles. The van der Waals surface area contributed by atoms with E-state index in [1.54, 1.807) is 17.0 Å². The summed E-state index contributed by atoms with van der Waals surface area (Å²) in [4.78, 5) is 12.5. The van der Waals surface area contributed by atoms with Crippen molar-refractivity contribution in [1.29, 1.82) is 0 Å². The Labute approximate surface area is 104 Å². The van der Waals surface area contributed by atoms with Crippen molar-refractivity contribution in [2.75, 3.05) is 6.54 Å². The Bertz CT molecular complexity index is 435. The van der Waals surface area contributed by atoms with Crippen LogP contribution in [0.1, 0.15) is 18.4 Å². The van der Waals surface area contributed by atoms with Crippen molar-refractivity contribution < 1.29 is 14.3 Å². The van der Waals surface area contributed by atoms with E-state index in [4.69, 9.17) is 16.7 Å². The number of rotatable bonds is 5. The molecule has 1 N–H and O–H groups in total. The minimum Gasteiger partial charge on any atom is -0.480 e. The Kier molecular flexibility index (Phi) is 3.64. The third-order valence-corrected chi connectivity index (χ3v) is 3.03. The highest BCUT2D eigenvalue weighted by Crippen LogP contribution is 2.28. The summed E-state index contributed by atoms with van der Waals surface area (Å²) in [6.07, 6.45) is 1.98. The van der Waals surface area contributed by atoms with E-state index in [0.717, 1.165) is 12.8 Å². The van der Waals surface area contributed by atoms with Crippen LogP contribution in [0.25, 0.3) is 0 Å². The fraction of sp³-hybridized carbons (Fsp3) is 0.417. The van der Waals surface area contributed by atoms with Crippen LogP contribution in [0.2, 0.25) is 5.02 Å². The fourth-order valence-corrected chi connectivity index (χ4v) is 1.96. The maximum Gasteiger partial charge on any atom is 0.317 e. The zero-order valence-electron chi connectivity index (χ0n) is 9.20. The van der Waals surface area contributed by atoms with Crippen molar-refractivity contribution in [2.24, 2.45) is 0 Å². The molecular weight excluding hydrogens is 245 g/mol. The van der Waals surface area contributed by atoms with Crippen LogP contribution in [0.15, 0.2) is 18.2 Å². The van der Waals surface area contributed by atoms with E-state index < -0.39 is 5.97 Å². The molecule has 1 fully saturated rings. The summed E-state index contributed by atoms with van der Waals surface area (Å²) in [6.45, 7) is 0.271. The van der Waals surface area contributed by atoms with Crippen LogP contribution in [-0.2, 0) is 11.3 Å². The smallest absolute Gasteiger partial charge is 0.317 e. The number of halogens is 2. The van der Waals surface area contributed by atoms with Gasteiger partial charge in [-0.3, -0.25) is 9.69 Å².